The summed E-state index contributed by atoms with van der Waals surface area (Å²) in [5.41, 5.74) is 3.03. The Balaban J connectivity index is 2.57. The number of aromatic nitrogens is 3. The lowest BCUT2D eigenvalue weighted by atomic mass is 10.1. The third-order valence-electron chi connectivity index (χ3n) is 2.14. The van der Waals surface area contributed by atoms with E-state index in [4.69, 9.17) is 0 Å². The van der Waals surface area contributed by atoms with E-state index in [1.54, 1.807) is 24.1 Å². The smallest absolute Gasteiger partial charge is 0.153 e. The van der Waals surface area contributed by atoms with Gasteiger partial charge in [-0.2, -0.15) is 5.10 Å². The Morgan fingerprint density at radius 1 is 1.47 bits per heavy atom. The van der Waals surface area contributed by atoms with Crippen LogP contribution in [0.5, 0.6) is 0 Å². The van der Waals surface area contributed by atoms with E-state index in [1.807, 2.05) is 19.1 Å². The van der Waals surface area contributed by atoms with Gasteiger partial charge in [-0.15, -0.1) is 0 Å². The molecular formula is C11H11N3O. The molecule has 0 amide bonds. The summed E-state index contributed by atoms with van der Waals surface area (Å²) < 4.78 is 1.61. The van der Waals surface area contributed by atoms with Gasteiger partial charge in [-0.05, 0) is 24.6 Å². The van der Waals surface area contributed by atoms with Crippen molar-refractivity contribution in [2.75, 3.05) is 0 Å². The Labute approximate surface area is 87.6 Å². The highest BCUT2D eigenvalue weighted by molar-refractivity contribution is 5.84. The molecule has 4 nitrogen and oxygen atoms in total. The molecule has 0 radical (unpaired) electrons. The lowest BCUT2D eigenvalue weighted by Crippen LogP contribution is -1.90. The van der Waals surface area contributed by atoms with E-state index in [1.165, 1.54) is 0 Å². The summed E-state index contributed by atoms with van der Waals surface area (Å²) in [7, 11) is 1.78. The number of hydrogen-bond acceptors (Lipinski definition) is 3. The Bertz CT molecular complexity index is 502. The summed E-state index contributed by atoms with van der Waals surface area (Å²) in [6.45, 7) is 1.98. The molecule has 0 aliphatic carbocycles. The standard InChI is InChI=1S/C11H11N3O/c1-8-3-4-12-10(5-8)11-9(7-15)6-14(2)13-11/h3-7H,1-2H3. The third kappa shape index (κ3) is 1.79. The minimum absolute atomic E-state index is 0.565. The van der Waals surface area contributed by atoms with Crippen molar-refractivity contribution in [1.29, 1.82) is 0 Å². The summed E-state index contributed by atoms with van der Waals surface area (Å²) in [6, 6.07) is 3.82. The van der Waals surface area contributed by atoms with Crippen LogP contribution in [0.1, 0.15) is 15.9 Å². The summed E-state index contributed by atoms with van der Waals surface area (Å²) in [5.74, 6) is 0. The van der Waals surface area contributed by atoms with Crippen molar-refractivity contribution in [3.8, 4) is 11.4 Å². The molecule has 0 bridgehead atoms. The first kappa shape index (κ1) is 9.58. The average molecular weight is 201 g/mol. The molecule has 0 aliphatic rings. The van der Waals surface area contributed by atoms with Gasteiger partial charge in [0.25, 0.3) is 0 Å². The van der Waals surface area contributed by atoms with Crippen molar-refractivity contribution in [2.45, 2.75) is 6.92 Å². The molecule has 0 fully saturated rings. The van der Waals surface area contributed by atoms with Crippen molar-refractivity contribution in [1.82, 2.24) is 14.8 Å². The number of rotatable bonds is 2. The molecule has 0 saturated heterocycles. The van der Waals surface area contributed by atoms with Crippen molar-refractivity contribution in [2.24, 2.45) is 7.05 Å². The maximum absolute atomic E-state index is 10.8. The fourth-order valence-electron chi connectivity index (χ4n) is 1.46. The number of aryl methyl sites for hydroxylation is 2. The lowest BCUT2D eigenvalue weighted by molar-refractivity contribution is 0.112. The fourth-order valence-corrected chi connectivity index (χ4v) is 1.46. The first-order valence-electron chi connectivity index (χ1n) is 4.62. The number of pyridine rings is 1. The molecule has 0 spiro atoms. The maximum atomic E-state index is 10.8. The second-order valence-electron chi connectivity index (χ2n) is 3.44. The van der Waals surface area contributed by atoms with Gasteiger partial charge in [0.2, 0.25) is 0 Å². The molecule has 0 unspecified atom stereocenters. The quantitative estimate of drug-likeness (QED) is 0.693. The predicted octanol–water partition coefficient (Wildman–Crippen LogP) is 1.60. The van der Waals surface area contributed by atoms with Crippen molar-refractivity contribution < 1.29 is 4.79 Å². The Hall–Kier alpha value is -1.97. The van der Waals surface area contributed by atoms with Gasteiger partial charge < -0.3 is 0 Å². The number of hydrogen-bond donors (Lipinski definition) is 0. The van der Waals surface area contributed by atoms with Crippen LogP contribution >= 0.6 is 0 Å². The minimum atomic E-state index is 0.565. The molecule has 0 aromatic carbocycles. The second-order valence-corrected chi connectivity index (χ2v) is 3.44. The Kier molecular flexibility index (Phi) is 2.33. The van der Waals surface area contributed by atoms with Crippen LogP contribution in [0.3, 0.4) is 0 Å². The van der Waals surface area contributed by atoms with E-state index in [0.29, 0.717) is 11.3 Å². The number of carbonyl (C=O) groups is 1. The van der Waals surface area contributed by atoms with Crippen molar-refractivity contribution >= 4 is 6.29 Å². The molecule has 0 atom stereocenters. The first-order chi connectivity index (χ1) is 7.20. The van der Waals surface area contributed by atoms with E-state index in [-0.39, 0.29) is 0 Å². The molecule has 0 N–H and O–H groups in total. The minimum Gasteiger partial charge on any atom is -0.298 e. The van der Waals surface area contributed by atoms with E-state index in [2.05, 4.69) is 10.1 Å². The molecule has 2 heterocycles. The van der Waals surface area contributed by atoms with Crippen LogP contribution in [-0.2, 0) is 7.05 Å². The van der Waals surface area contributed by atoms with Crippen LogP contribution in [-0.4, -0.2) is 21.1 Å². The molecule has 2 aromatic rings. The fraction of sp³-hybridized carbons (Fsp3) is 0.182. The van der Waals surface area contributed by atoms with Crippen molar-refractivity contribution in [3.63, 3.8) is 0 Å². The van der Waals surface area contributed by atoms with E-state index >= 15 is 0 Å². The van der Waals surface area contributed by atoms with Crippen LogP contribution in [0, 0.1) is 6.92 Å². The summed E-state index contributed by atoms with van der Waals surface area (Å²) in [5, 5.41) is 4.22. The average Bonchev–Trinajstić information content (AvgIpc) is 2.59. The highest BCUT2D eigenvalue weighted by atomic mass is 16.1. The SMILES string of the molecule is Cc1ccnc(-c2nn(C)cc2C=O)c1. The number of carbonyl (C=O) groups excluding carboxylic acids is 1. The highest BCUT2D eigenvalue weighted by Gasteiger charge is 2.10. The normalized spacial score (nSPS) is 10.3. The van der Waals surface area contributed by atoms with Gasteiger partial charge in [-0.25, -0.2) is 0 Å². The molecule has 2 rings (SSSR count). The number of nitrogens with zero attached hydrogens (tertiary/aromatic N) is 3. The summed E-state index contributed by atoms with van der Waals surface area (Å²) >= 11 is 0. The lowest BCUT2D eigenvalue weighted by Gasteiger charge is -1.97. The first-order valence-corrected chi connectivity index (χ1v) is 4.62. The van der Waals surface area contributed by atoms with Crippen LogP contribution < -0.4 is 0 Å². The third-order valence-corrected chi connectivity index (χ3v) is 2.14. The molecule has 2 aromatic heterocycles. The predicted molar refractivity (Wildman–Crippen MR) is 56.6 cm³/mol. The van der Waals surface area contributed by atoms with Gasteiger partial charge in [0, 0.05) is 19.4 Å². The zero-order valence-corrected chi connectivity index (χ0v) is 8.64. The molecule has 76 valence electrons. The summed E-state index contributed by atoms with van der Waals surface area (Å²) in [6.07, 6.45) is 4.20. The van der Waals surface area contributed by atoms with Crippen LogP contribution in [0.15, 0.2) is 24.5 Å². The Morgan fingerprint density at radius 3 is 2.93 bits per heavy atom. The van der Waals surface area contributed by atoms with Crippen LogP contribution in [0.2, 0.25) is 0 Å². The van der Waals surface area contributed by atoms with Crippen LogP contribution in [0.25, 0.3) is 11.4 Å². The molecule has 0 saturated carbocycles. The van der Waals surface area contributed by atoms with Crippen molar-refractivity contribution in [3.05, 3.63) is 35.7 Å². The number of aldehydes is 1. The maximum Gasteiger partial charge on any atom is 0.153 e. The van der Waals surface area contributed by atoms with Gasteiger partial charge in [-0.3, -0.25) is 14.5 Å². The second kappa shape index (κ2) is 3.65. The summed E-state index contributed by atoms with van der Waals surface area (Å²) in [4.78, 5) is 15.0. The van der Waals surface area contributed by atoms with E-state index < -0.39 is 0 Å². The largest absolute Gasteiger partial charge is 0.298 e. The van der Waals surface area contributed by atoms with Crippen LogP contribution in [0.4, 0.5) is 0 Å². The zero-order valence-electron chi connectivity index (χ0n) is 8.64. The van der Waals surface area contributed by atoms with Gasteiger partial charge in [0.1, 0.15) is 5.69 Å². The van der Waals surface area contributed by atoms with E-state index in [0.717, 1.165) is 17.5 Å². The van der Waals surface area contributed by atoms with Gasteiger partial charge >= 0.3 is 0 Å². The molecule has 15 heavy (non-hydrogen) atoms. The molecule has 0 aliphatic heterocycles. The topological polar surface area (TPSA) is 47.8 Å². The van der Waals surface area contributed by atoms with Gasteiger partial charge in [0.15, 0.2) is 6.29 Å². The highest BCUT2D eigenvalue weighted by Crippen LogP contribution is 2.18. The van der Waals surface area contributed by atoms with Gasteiger partial charge in [-0.1, -0.05) is 0 Å². The zero-order chi connectivity index (χ0) is 10.8. The molecule has 4 heteroatoms. The molecular weight excluding hydrogens is 190 g/mol. The van der Waals surface area contributed by atoms with Gasteiger partial charge in [0.05, 0.1) is 11.3 Å². The monoisotopic (exact) mass is 201 g/mol. The van der Waals surface area contributed by atoms with E-state index in [9.17, 15) is 4.79 Å². The Morgan fingerprint density at radius 2 is 2.27 bits per heavy atom.